The Kier molecular flexibility index (Phi) is 9.76. The van der Waals surface area contributed by atoms with Crippen LogP contribution in [0.5, 0.6) is 17.2 Å². The minimum atomic E-state index is -3.96. The van der Waals surface area contributed by atoms with Crippen LogP contribution in [0.2, 0.25) is 0 Å². The standard InChI is InChI=1S/C67H65N2O4P/c70-74(64-13-7-5-11-60(64)59-10-4-6-12-63(59)73-74)67(52-8-2-1-3-9-52,53-14-20-57(21-15-53)68-40-50-32-55(18-24-61(50)71-42-68)65-34-44-26-45(35-65)28-46(27-44)36-65)54-16-22-58(23-17-54)69-41-51-33-56(19-25-62(51)72-43-69)66-37-47-29-48(38-66)31-49(30-47)39-66/h1-25,32-33,44-49H,26-31,34-43H2. The zero-order chi connectivity index (χ0) is 48.8. The molecule has 8 aliphatic carbocycles. The van der Waals surface area contributed by atoms with E-state index in [-0.39, 0.29) is 0 Å². The number of hydrogen-bond donors (Lipinski definition) is 0. The van der Waals surface area contributed by atoms with Gasteiger partial charge in [-0.2, -0.15) is 0 Å². The number of rotatable bonds is 8. The maximum atomic E-state index is 17.3. The molecule has 74 heavy (non-hydrogen) atoms. The second-order valence-electron chi connectivity index (χ2n) is 24.8. The number of fused-ring (bicyclic) bond motifs is 5. The summed E-state index contributed by atoms with van der Waals surface area (Å²) in [5.41, 5.74) is 13.0. The molecule has 0 radical (unpaired) electrons. The van der Waals surface area contributed by atoms with Gasteiger partial charge < -0.3 is 23.8 Å². The summed E-state index contributed by atoms with van der Waals surface area (Å²) in [6, 6.07) is 58.8. The summed E-state index contributed by atoms with van der Waals surface area (Å²) in [6.45, 7) is 2.49. The summed E-state index contributed by atoms with van der Waals surface area (Å²) >= 11 is 0. The van der Waals surface area contributed by atoms with Crippen LogP contribution in [-0.2, 0) is 33.6 Å². The largest absolute Gasteiger partial charge is 0.473 e. The lowest BCUT2D eigenvalue weighted by molar-refractivity contribution is -0.00538. The first-order chi connectivity index (χ1) is 36.3. The molecule has 1 atom stereocenters. The van der Waals surface area contributed by atoms with Gasteiger partial charge in [-0.3, -0.25) is 4.57 Å². The van der Waals surface area contributed by atoms with E-state index in [4.69, 9.17) is 14.0 Å². The van der Waals surface area contributed by atoms with Gasteiger partial charge >= 0.3 is 0 Å². The molecule has 0 amide bonds. The Morgan fingerprint density at radius 2 is 0.851 bits per heavy atom. The van der Waals surface area contributed by atoms with Gasteiger partial charge in [-0.1, -0.05) is 103 Å². The Balaban J connectivity index is 0.776. The highest BCUT2D eigenvalue weighted by molar-refractivity contribution is 7.69. The highest BCUT2D eigenvalue weighted by Gasteiger charge is 2.58. The second-order valence-corrected chi connectivity index (χ2v) is 27.2. The average Bonchev–Trinajstić information content (AvgIpc) is 3.45. The third-order valence-electron chi connectivity index (χ3n) is 20.5. The number of nitrogens with zero attached hydrogens (tertiary/aromatic N) is 2. The predicted molar refractivity (Wildman–Crippen MR) is 295 cm³/mol. The molecule has 18 rings (SSSR count). The molecule has 7 heteroatoms. The van der Waals surface area contributed by atoms with Gasteiger partial charge in [0.15, 0.2) is 13.5 Å². The summed E-state index contributed by atoms with van der Waals surface area (Å²) in [5.74, 6) is 8.03. The fourth-order valence-electron chi connectivity index (χ4n) is 18.1. The van der Waals surface area contributed by atoms with Crippen molar-refractivity contribution >= 4 is 24.0 Å². The van der Waals surface area contributed by atoms with Crippen LogP contribution in [0.1, 0.15) is 116 Å². The quantitative estimate of drug-likeness (QED) is 0.112. The topological polar surface area (TPSA) is 51.2 Å². The van der Waals surface area contributed by atoms with Crippen molar-refractivity contribution < 1.29 is 18.6 Å². The molecule has 7 aromatic rings. The molecule has 7 aromatic carbocycles. The van der Waals surface area contributed by atoms with Crippen molar-refractivity contribution in [3.8, 4) is 28.4 Å². The molecule has 6 nitrogen and oxygen atoms in total. The van der Waals surface area contributed by atoms with E-state index in [2.05, 4.69) is 137 Å². The van der Waals surface area contributed by atoms with E-state index in [9.17, 15) is 0 Å². The molecule has 0 N–H and O–H groups in total. The smallest absolute Gasteiger partial charge is 0.296 e. The minimum absolute atomic E-state index is 0.328. The molecule has 11 aliphatic rings. The van der Waals surface area contributed by atoms with E-state index in [0.717, 1.165) is 105 Å². The van der Waals surface area contributed by atoms with Crippen LogP contribution in [0.4, 0.5) is 11.4 Å². The SMILES string of the molecule is O=P1(C(c2ccccc2)(c2ccc(N3COc4ccc(C56CC7CC(CC(C7)C5)C6)cc4C3)cc2)c2ccc(N3COc4ccc(C56CC7CC(CC(C7)C5)C6)cc4C3)cc2)Oc2ccccc2-c2ccccc21. The van der Waals surface area contributed by atoms with E-state index in [0.29, 0.717) is 30.0 Å². The highest BCUT2D eigenvalue weighted by atomic mass is 31.2. The number of hydrogen-bond acceptors (Lipinski definition) is 6. The van der Waals surface area contributed by atoms with Crippen molar-refractivity contribution in [3.05, 3.63) is 203 Å². The van der Waals surface area contributed by atoms with Gasteiger partial charge in [0.25, 0.3) is 7.37 Å². The van der Waals surface area contributed by atoms with E-state index in [1.54, 1.807) is 0 Å². The van der Waals surface area contributed by atoms with Gasteiger partial charge in [0.05, 0.1) is 5.30 Å². The van der Waals surface area contributed by atoms with E-state index in [1.807, 2.05) is 36.4 Å². The molecule has 1 unspecified atom stereocenters. The van der Waals surface area contributed by atoms with E-state index in [1.165, 1.54) is 99.3 Å². The van der Waals surface area contributed by atoms with Crippen molar-refractivity contribution in [2.45, 2.75) is 106 Å². The predicted octanol–water partition coefficient (Wildman–Crippen LogP) is 15.3. The fraction of sp³-hybridized carbons (Fsp3) is 0.373. The number of anilines is 2. The van der Waals surface area contributed by atoms with Gasteiger partial charge in [0.2, 0.25) is 0 Å². The minimum Gasteiger partial charge on any atom is -0.473 e. The third-order valence-corrected chi connectivity index (χ3v) is 23.6. The molecule has 0 spiro atoms. The van der Waals surface area contributed by atoms with Crippen LogP contribution in [0.3, 0.4) is 0 Å². The Morgan fingerprint density at radius 3 is 1.34 bits per heavy atom. The van der Waals surface area contributed by atoms with Crippen molar-refractivity contribution in [1.29, 1.82) is 0 Å². The summed E-state index contributed by atoms with van der Waals surface area (Å²) in [6.07, 6.45) is 16.8. The van der Waals surface area contributed by atoms with Crippen molar-refractivity contribution in [2.24, 2.45) is 35.5 Å². The second kappa shape index (κ2) is 16.4. The highest BCUT2D eigenvalue weighted by Crippen LogP contribution is 2.72. The van der Waals surface area contributed by atoms with Crippen molar-refractivity contribution in [1.82, 2.24) is 0 Å². The normalized spacial score (nSPS) is 31.2. The average molecular weight is 993 g/mol. The first-order valence-electron chi connectivity index (χ1n) is 28.1. The molecule has 8 saturated carbocycles. The zero-order valence-corrected chi connectivity index (χ0v) is 43.2. The molecular weight excluding hydrogens is 928 g/mol. The Morgan fingerprint density at radius 1 is 0.432 bits per heavy atom. The lowest BCUT2D eigenvalue weighted by atomic mass is 9.48. The number of benzene rings is 7. The molecule has 3 aliphatic heterocycles. The maximum Gasteiger partial charge on any atom is 0.296 e. The molecule has 3 heterocycles. The van der Waals surface area contributed by atoms with Crippen LogP contribution >= 0.6 is 7.37 Å². The molecule has 8 fully saturated rings. The molecular formula is C67H65N2O4P. The number of para-hydroxylation sites is 1. The molecule has 0 saturated heterocycles. The lowest BCUT2D eigenvalue weighted by Gasteiger charge is -2.57. The number of ether oxygens (including phenoxy) is 2. The summed E-state index contributed by atoms with van der Waals surface area (Å²) in [5, 5.41) is -0.521. The molecule has 372 valence electrons. The summed E-state index contributed by atoms with van der Waals surface area (Å²) in [4.78, 5) is 4.70. The molecule has 8 bridgehead atoms. The Labute approximate surface area is 436 Å². The Bertz CT molecular complexity index is 3180. The first kappa shape index (κ1) is 44.1. The Hall–Kier alpha value is -6.23. The first-order valence-corrected chi connectivity index (χ1v) is 29.7. The van der Waals surface area contributed by atoms with Gasteiger partial charge in [0, 0.05) is 41.2 Å². The van der Waals surface area contributed by atoms with Crippen molar-refractivity contribution in [2.75, 3.05) is 23.3 Å². The van der Waals surface area contributed by atoms with Gasteiger partial charge in [-0.15, -0.1) is 0 Å². The maximum absolute atomic E-state index is 17.3. The zero-order valence-electron chi connectivity index (χ0n) is 42.3. The van der Waals surface area contributed by atoms with Crippen LogP contribution in [0.25, 0.3) is 11.1 Å². The lowest BCUT2D eigenvalue weighted by Crippen LogP contribution is -2.48. The molecule has 0 aromatic heterocycles. The van der Waals surface area contributed by atoms with Crippen LogP contribution < -0.4 is 29.1 Å². The van der Waals surface area contributed by atoms with Gasteiger partial charge in [-0.25, -0.2) is 0 Å². The third kappa shape index (κ3) is 6.65. The van der Waals surface area contributed by atoms with Gasteiger partial charge in [0.1, 0.15) is 22.4 Å². The summed E-state index contributed by atoms with van der Waals surface area (Å²) in [7, 11) is -3.96. The van der Waals surface area contributed by atoms with Gasteiger partial charge in [-0.05, 0) is 217 Å². The van der Waals surface area contributed by atoms with Crippen molar-refractivity contribution in [3.63, 3.8) is 0 Å². The van der Waals surface area contributed by atoms with Crippen LogP contribution in [0.15, 0.2) is 164 Å². The van der Waals surface area contributed by atoms with E-state index < -0.39 is 12.5 Å². The summed E-state index contributed by atoms with van der Waals surface area (Å²) < 4.78 is 37.7. The fourth-order valence-corrected chi connectivity index (χ4v) is 21.4. The van der Waals surface area contributed by atoms with E-state index >= 15 is 4.57 Å². The van der Waals surface area contributed by atoms with Crippen LogP contribution in [0, 0.1) is 35.5 Å². The van der Waals surface area contributed by atoms with Crippen LogP contribution in [-0.4, -0.2) is 13.5 Å². The monoisotopic (exact) mass is 992 g/mol.